The normalized spacial score (nSPS) is 12.0. The van der Waals surface area contributed by atoms with Crippen molar-refractivity contribution in [1.82, 2.24) is 4.98 Å². The molecule has 0 saturated carbocycles. The largest absolute Gasteiger partial charge is 0.573 e. The lowest BCUT2D eigenvalue weighted by molar-refractivity contribution is -0.275. The number of hydrogen-bond acceptors (Lipinski definition) is 2. The van der Waals surface area contributed by atoms with Crippen LogP contribution in [-0.4, -0.2) is 11.3 Å². The summed E-state index contributed by atoms with van der Waals surface area (Å²) < 4.78 is 75.1. The number of ether oxygens (including phenoxy) is 1. The Balaban J connectivity index is 3.15. The molecular formula is C7H2BrF6NO. The van der Waals surface area contributed by atoms with Gasteiger partial charge in [-0.2, -0.15) is 4.39 Å². The number of rotatable bonds is 2. The highest BCUT2D eigenvalue weighted by Crippen LogP contribution is 2.32. The third kappa shape index (κ3) is 3.26. The fraction of sp³-hybridized carbons (Fsp3) is 0.286. The van der Waals surface area contributed by atoms with Gasteiger partial charge in [0.05, 0.1) is 5.56 Å². The molecule has 0 spiro atoms. The van der Waals surface area contributed by atoms with Crippen LogP contribution in [0.15, 0.2) is 10.7 Å². The van der Waals surface area contributed by atoms with Crippen molar-refractivity contribution >= 4 is 15.9 Å². The Kier molecular flexibility index (Phi) is 3.66. The molecule has 0 N–H and O–H groups in total. The van der Waals surface area contributed by atoms with E-state index in [4.69, 9.17) is 0 Å². The minimum atomic E-state index is -5.17. The van der Waals surface area contributed by atoms with Gasteiger partial charge in [-0.25, -0.2) is 13.8 Å². The van der Waals surface area contributed by atoms with E-state index >= 15 is 0 Å². The average Bonchev–Trinajstić information content (AvgIpc) is 2.07. The van der Waals surface area contributed by atoms with Crippen LogP contribution in [0.5, 0.6) is 5.75 Å². The molecule has 1 rings (SSSR count). The van der Waals surface area contributed by atoms with Gasteiger partial charge in [0.2, 0.25) is 0 Å². The van der Waals surface area contributed by atoms with Crippen LogP contribution in [0.1, 0.15) is 12.0 Å². The van der Waals surface area contributed by atoms with E-state index in [9.17, 15) is 26.3 Å². The van der Waals surface area contributed by atoms with Crippen molar-refractivity contribution in [3.63, 3.8) is 0 Å². The minimum absolute atomic E-state index is 0.241. The summed E-state index contributed by atoms with van der Waals surface area (Å²) in [7, 11) is 0. The van der Waals surface area contributed by atoms with E-state index in [1.54, 1.807) is 0 Å². The van der Waals surface area contributed by atoms with E-state index in [1.165, 1.54) is 0 Å². The molecule has 0 saturated heterocycles. The SMILES string of the molecule is Fc1nc(Br)c(C(F)F)cc1OC(F)(F)F. The molecule has 16 heavy (non-hydrogen) atoms. The predicted molar refractivity (Wildman–Crippen MR) is 43.5 cm³/mol. The van der Waals surface area contributed by atoms with Gasteiger partial charge < -0.3 is 4.74 Å². The van der Waals surface area contributed by atoms with E-state index in [0.717, 1.165) is 0 Å². The molecule has 90 valence electrons. The van der Waals surface area contributed by atoms with Gasteiger partial charge in [-0.05, 0) is 22.0 Å². The molecular weight excluding hydrogens is 308 g/mol. The summed E-state index contributed by atoms with van der Waals surface area (Å²) in [4.78, 5) is 2.82. The maximum absolute atomic E-state index is 12.8. The topological polar surface area (TPSA) is 22.1 Å². The third-order valence-electron chi connectivity index (χ3n) is 1.39. The van der Waals surface area contributed by atoms with Crippen LogP contribution >= 0.6 is 15.9 Å². The molecule has 0 bridgehead atoms. The molecule has 0 aliphatic heterocycles. The number of aromatic nitrogens is 1. The Morgan fingerprint density at radius 2 is 1.88 bits per heavy atom. The van der Waals surface area contributed by atoms with Crippen LogP contribution < -0.4 is 4.74 Å². The van der Waals surface area contributed by atoms with Crippen LogP contribution in [-0.2, 0) is 0 Å². The molecule has 0 amide bonds. The number of halogens is 7. The Morgan fingerprint density at radius 1 is 1.31 bits per heavy atom. The number of pyridine rings is 1. The highest BCUT2D eigenvalue weighted by atomic mass is 79.9. The summed E-state index contributed by atoms with van der Waals surface area (Å²) in [6.07, 6.45) is -8.27. The van der Waals surface area contributed by atoms with Gasteiger partial charge in [0.1, 0.15) is 4.60 Å². The van der Waals surface area contributed by atoms with Crippen molar-refractivity contribution in [2.24, 2.45) is 0 Å². The maximum Gasteiger partial charge on any atom is 0.573 e. The Bertz CT molecular complexity index is 393. The van der Waals surface area contributed by atoms with Gasteiger partial charge in [0.15, 0.2) is 5.75 Å². The molecule has 1 heterocycles. The minimum Gasteiger partial charge on any atom is -0.401 e. The monoisotopic (exact) mass is 309 g/mol. The molecule has 0 radical (unpaired) electrons. The van der Waals surface area contributed by atoms with Gasteiger partial charge in [-0.3, -0.25) is 0 Å². The fourth-order valence-corrected chi connectivity index (χ4v) is 1.26. The van der Waals surface area contributed by atoms with Crippen molar-refractivity contribution < 1.29 is 31.1 Å². The third-order valence-corrected chi connectivity index (χ3v) is 2.02. The van der Waals surface area contributed by atoms with Crippen molar-refractivity contribution in [2.45, 2.75) is 12.8 Å². The first-order chi connectivity index (χ1) is 7.20. The van der Waals surface area contributed by atoms with E-state index in [1.807, 2.05) is 0 Å². The van der Waals surface area contributed by atoms with Gasteiger partial charge in [-0.1, -0.05) is 0 Å². The second-order valence-corrected chi connectivity index (χ2v) is 3.26. The average molecular weight is 310 g/mol. The number of nitrogens with zero attached hydrogens (tertiary/aromatic N) is 1. The molecule has 0 aliphatic rings. The fourth-order valence-electron chi connectivity index (χ4n) is 0.815. The van der Waals surface area contributed by atoms with Gasteiger partial charge in [-0.15, -0.1) is 13.2 Å². The highest BCUT2D eigenvalue weighted by molar-refractivity contribution is 9.10. The first-order valence-electron chi connectivity index (χ1n) is 3.60. The summed E-state index contributed by atoms with van der Waals surface area (Å²) in [5, 5.41) is 0. The van der Waals surface area contributed by atoms with Crippen molar-refractivity contribution in [1.29, 1.82) is 0 Å². The Hall–Kier alpha value is -0.990. The first-order valence-corrected chi connectivity index (χ1v) is 4.40. The predicted octanol–water partition coefficient (Wildman–Crippen LogP) is 3.82. The molecule has 1 aromatic rings. The summed E-state index contributed by atoms with van der Waals surface area (Å²) in [6, 6.07) is 0.241. The van der Waals surface area contributed by atoms with E-state index < -0.39 is 34.7 Å². The molecule has 0 aromatic carbocycles. The lowest BCUT2D eigenvalue weighted by Crippen LogP contribution is -2.18. The summed E-state index contributed by atoms with van der Waals surface area (Å²) in [5.41, 5.74) is -0.888. The quantitative estimate of drug-likeness (QED) is 0.612. The number of hydrogen-bond donors (Lipinski definition) is 0. The van der Waals surface area contributed by atoms with Crippen molar-refractivity contribution in [2.75, 3.05) is 0 Å². The lowest BCUT2D eigenvalue weighted by atomic mass is 10.3. The zero-order valence-corrected chi connectivity index (χ0v) is 8.74. The number of alkyl halides is 5. The Labute approximate surface area is 93.4 Å². The van der Waals surface area contributed by atoms with Crippen molar-refractivity contribution in [3.05, 3.63) is 22.2 Å². The van der Waals surface area contributed by atoms with E-state index in [-0.39, 0.29) is 6.07 Å². The van der Waals surface area contributed by atoms with Gasteiger partial charge in [0.25, 0.3) is 12.4 Å². The molecule has 9 heteroatoms. The van der Waals surface area contributed by atoms with Crippen LogP contribution in [0.2, 0.25) is 0 Å². The second kappa shape index (κ2) is 4.48. The van der Waals surface area contributed by atoms with Crippen LogP contribution in [0.25, 0.3) is 0 Å². The molecule has 0 atom stereocenters. The molecule has 0 aliphatic carbocycles. The van der Waals surface area contributed by atoms with E-state index in [0.29, 0.717) is 0 Å². The lowest BCUT2D eigenvalue weighted by Gasteiger charge is -2.11. The summed E-state index contributed by atoms with van der Waals surface area (Å²) >= 11 is 2.49. The zero-order valence-electron chi connectivity index (χ0n) is 7.16. The van der Waals surface area contributed by atoms with Gasteiger partial charge >= 0.3 is 6.36 Å². The second-order valence-electron chi connectivity index (χ2n) is 2.51. The molecule has 2 nitrogen and oxygen atoms in total. The summed E-state index contributed by atoms with van der Waals surface area (Å²) in [5.74, 6) is -3.03. The van der Waals surface area contributed by atoms with Crippen LogP contribution in [0.4, 0.5) is 26.3 Å². The highest BCUT2D eigenvalue weighted by Gasteiger charge is 2.33. The van der Waals surface area contributed by atoms with Gasteiger partial charge in [0, 0.05) is 0 Å². The molecule has 1 aromatic heterocycles. The van der Waals surface area contributed by atoms with E-state index in [2.05, 4.69) is 25.7 Å². The summed E-state index contributed by atoms with van der Waals surface area (Å²) in [6.45, 7) is 0. The standard InChI is InChI=1S/C7H2BrF6NO/c8-4-2(5(9)10)1-3(6(11)15-4)16-7(12,13)14/h1,5H. The Morgan fingerprint density at radius 3 is 2.31 bits per heavy atom. The zero-order chi connectivity index (χ0) is 12.5. The molecule has 0 unspecified atom stereocenters. The molecule has 0 fully saturated rings. The smallest absolute Gasteiger partial charge is 0.401 e. The van der Waals surface area contributed by atoms with Crippen LogP contribution in [0, 0.1) is 5.95 Å². The van der Waals surface area contributed by atoms with Crippen LogP contribution in [0.3, 0.4) is 0 Å². The maximum atomic E-state index is 12.8. The van der Waals surface area contributed by atoms with Crippen molar-refractivity contribution in [3.8, 4) is 5.75 Å². The first kappa shape index (κ1) is 13.1.